The number of likely N-dealkylation sites (tertiary alicyclic amines) is 1. The number of nitrogens with zero attached hydrogens (tertiary/aromatic N) is 1. The van der Waals surface area contributed by atoms with E-state index in [4.69, 9.17) is 5.73 Å². The second kappa shape index (κ2) is 3.73. The molecule has 0 atom stereocenters. The molecule has 0 radical (unpaired) electrons. The van der Waals surface area contributed by atoms with E-state index >= 15 is 0 Å². The van der Waals surface area contributed by atoms with E-state index in [9.17, 15) is 18.0 Å². The molecule has 0 saturated carbocycles. The van der Waals surface area contributed by atoms with E-state index in [-0.39, 0.29) is 5.56 Å². The van der Waals surface area contributed by atoms with Crippen LogP contribution < -0.4 is 5.73 Å². The molecule has 1 aromatic carbocycles. The molecule has 1 aliphatic heterocycles. The van der Waals surface area contributed by atoms with Crippen molar-refractivity contribution in [1.29, 1.82) is 0 Å². The van der Waals surface area contributed by atoms with Gasteiger partial charge in [0.1, 0.15) is 0 Å². The first kappa shape index (κ1) is 11.9. The minimum Gasteiger partial charge on any atom is -0.335 e. The number of halogens is 3. The number of hydrogen-bond donors (Lipinski definition) is 1. The van der Waals surface area contributed by atoms with Gasteiger partial charge in [-0.05, 0) is 19.1 Å². The summed E-state index contributed by atoms with van der Waals surface area (Å²) < 4.78 is 38.6. The molecule has 1 saturated heterocycles. The van der Waals surface area contributed by atoms with Gasteiger partial charge in [-0.3, -0.25) is 4.79 Å². The zero-order chi connectivity index (χ0) is 12.8. The van der Waals surface area contributed by atoms with Gasteiger partial charge in [0, 0.05) is 24.2 Å². The summed E-state index contributed by atoms with van der Waals surface area (Å²) in [6, 6.07) is 1.37. The Morgan fingerprint density at radius 2 is 1.76 bits per heavy atom. The molecule has 0 aromatic heterocycles. The zero-order valence-electron chi connectivity index (χ0n) is 9.14. The van der Waals surface area contributed by atoms with Crippen LogP contribution in [0.1, 0.15) is 17.3 Å². The van der Waals surface area contributed by atoms with Gasteiger partial charge in [0.15, 0.2) is 17.5 Å². The Bertz CT molecular complexity index is 457. The molecule has 6 heteroatoms. The Morgan fingerprint density at radius 1 is 1.29 bits per heavy atom. The predicted molar refractivity (Wildman–Crippen MR) is 54.8 cm³/mol. The molecule has 0 bridgehead atoms. The van der Waals surface area contributed by atoms with Gasteiger partial charge in [-0.15, -0.1) is 0 Å². The van der Waals surface area contributed by atoms with Gasteiger partial charge < -0.3 is 10.6 Å². The summed E-state index contributed by atoms with van der Waals surface area (Å²) in [6.45, 7) is 2.39. The second-order valence-corrected chi connectivity index (χ2v) is 4.57. The summed E-state index contributed by atoms with van der Waals surface area (Å²) in [7, 11) is 0. The number of hydrogen-bond acceptors (Lipinski definition) is 2. The number of carbonyl (C=O) groups excluding carboxylic acids is 1. The Balaban J connectivity index is 2.21. The van der Waals surface area contributed by atoms with Gasteiger partial charge >= 0.3 is 0 Å². The third kappa shape index (κ3) is 2.12. The Morgan fingerprint density at radius 3 is 2.18 bits per heavy atom. The lowest BCUT2D eigenvalue weighted by molar-refractivity contribution is 0.0452. The number of benzene rings is 1. The van der Waals surface area contributed by atoms with Crippen LogP contribution in [0.25, 0.3) is 0 Å². The van der Waals surface area contributed by atoms with E-state index < -0.39 is 28.9 Å². The maximum Gasteiger partial charge on any atom is 0.254 e. The van der Waals surface area contributed by atoms with Crippen LogP contribution in [0, 0.1) is 17.5 Å². The standard InChI is InChI=1S/C11H11F3N2O/c1-11(15)4-16(5-11)10(17)6-2-7(12)9(14)8(13)3-6/h2-3H,4-5,15H2,1H3. The third-order valence-electron chi connectivity index (χ3n) is 2.62. The minimum atomic E-state index is -1.58. The Labute approximate surface area is 96.0 Å². The highest BCUT2D eigenvalue weighted by molar-refractivity contribution is 5.95. The topological polar surface area (TPSA) is 46.3 Å². The first-order valence-corrected chi connectivity index (χ1v) is 5.03. The molecule has 1 heterocycles. The van der Waals surface area contributed by atoms with Crippen LogP contribution >= 0.6 is 0 Å². The molecular weight excluding hydrogens is 233 g/mol. The van der Waals surface area contributed by atoms with E-state index in [1.165, 1.54) is 4.90 Å². The van der Waals surface area contributed by atoms with Crippen molar-refractivity contribution in [3.05, 3.63) is 35.1 Å². The van der Waals surface area contributed by atoms with Crippen LogP contribution in [0.3, 0.4) is 0 Å². The van der Waals surface area contributed by atoms with Gasteiger partial charge in [0.05, 0.1) is 0 Å². The highest BCUT2D eigenvalue weighted by Crippen LogP contribution is 2.21. The minimum absolute atomic E-state index is 0.211. The molecule has 2 rings (SSSR count). The molecule has 1 aliphatic rings. The lowest BCUT2D eigenvalue weighted by atomic mass is 9.93. The quantitative estimate of drug-likeness (QED) is 0.756. The largest absolute Gasteiger partial charge is 0.335 e. The fourth-order valence-electron chi connectivity index (χ4n) is 1.83. The SMILES string of the molecule is CC1(N)CN(C(=O)c2cc(F)c(F)c(F)c2)C1. The molecule has 0 spiro atoms. The summed E-state index contributed by atoms with van der Waals surface area (Å²) >= 11 is 0. The number of rotatable bonds is 1. The molecule has 0 unspecified atom stereocenters. The predicted octanol–water partition coefficient (Wildman–Crippen LogP) is 1.28. The maximum absolute atomic E-state index is 12.9. The van der Waals surface area contributed by atoms with Gasteiger partial charge in [-0.25, -0.2) is 13.2 Å². The van der Waals surface area contributed by atoms with Crippen molar-refractivity contribution in [1.82, 2.24) is 4.90 Å². The van der Waals surface area contributed by atoms with Crippen LogP contribution in [0.4, 0.5) is 13.2 Å². The average molecular weight is 244 g/mol. The maximum atomic E-state index is 12.9. The van der Waals surface area contributed by atoms with Crippen LogP contribution in [-0.4, -0.2) is 29.4 Å². The lowest BCUT2D eigenvalue weighted by Gasteiger charge is -2.45. The molecule has 92 valence electrons. The van der Waals surface area contributed by atoms with Crippen LogP contribution in [0.2, 0.25) is 0 Å². The van der Waals surface area contributed by atoms with Crippen molar-refractivity contribution in [2.24, 2.45) is 5.73 Å². The van der Waals surface area contributed by atoms with E-state index in [2.05, 4.69) is 0 Å². The molecule has 3 nitrogen and oxygen atoms in total. The highest BCUT2D eigenvalue weighted by atomic mass is 19.2. The van der Waals surface area contributed by atoms with E-state index in [1.54, 1.807) is 6.92 Å². The van der Waals surface area contributed by atoms with E-state index in [0.717, 1.165) is 0 Å². The Kier molecular flexibility index (Phi) is 2.61. The molecule has 2 N–H and O–H groups in total. The molecule has 1 amide bonds. The van der Waals surface area contributed by atoms with Crippen molar-refractivity contribution in [3.8, 4) is 0 Å². The van der Waals surface area contributed by atoms with Crippen LogP contribution in [0.15, 0.2) is 12.1 Å². The molecule has 0 aliphatic carbocycles. The fraction of sp³-hybridized carbons (Fsp3) is 0.364. The van der Waals surface area contributed by atoms with Crippen molar-refractivity contribution in [3.63, 3.8) is 0 Å². The number of carbonyl (C=O) groups is 1. The third-order valence-corrected chi connectivity index (χ3v) is 2.62. The van der Waals surface area contributed by atoms with Crippen LogP contribution in [0.5, 0.6) is 0 Å². The average Bonchev–Trinajstić information content (AvgIpc) is 2.20. The summed E-state index contributed by atoms with van der Waals surface area (Å²) in [4.78, 5) is 13.1. The Hall–Kier alpha value is -1.56. The van der Waals surface area contributed by atoms with E-state index in [0.29, 0.717) is 25.2 Å². The van der Waals surface area contributed by atoms with Gasteiger partial charge in [-0.1, -0.05) is 0 Å². The smallest absolute Gasteiger partial charge is 0.254 e. The van der Waals surface area contributed by atoms with Gasteiger partial charge in [-0.2, -0.15) is 0 Å². The summed E-state index contributed by atoms with van der Waals surface area (Å²) in [5, 5.41) is 0. The number of nitrogens with two attached hydrogens (primary N) is 1. The number of amides is 1. The summed E-state index contributed by atoms with van der Waals surface area (Å²) in [5.41, 5.74) is 5.03. The summed E-state index contributed by atoms with van der Waals surface area (Å²) in [6.07, 6.45) is 0. The first-order chi connectivity index (χ1) is 7.80. The zero-order valence-corrected chi connectivity index (χ0v) is 9.14. The summed E-state index contributed by atoms with van der Waals surface area (Å²) in [5.74, 6) is -4.87. The monoisotopic (exact) mass is 244 g/mol. The lowest BCUT2D eigenvalue weighted by Crippen LogP contribution is -2.66. The van der Waals surface area contributed by atoms with Crippen molar-refractivity contribution >= 4 is 5.91 Å². The van der Waals surface area contributed by atoms with Gasteiger partial charge in [0.25, 0.3) is 5.91 Å². The van der Waals surface area contributed by atoms with E-state index in [1.807, 2.05) is 0 Å². The highest BCUT2D eigenvalue weighted by Gasteiger charge is 2.38. The van der Waals surface area contributed by atoms with Crippen molar-refractivity contribution in [2.75, 3.05) is 13.1 Å². The normalized spacial score (nSPS) is 17.8. The van der Waals surface area contributed by atoms with Gasteiger partial charge in [0.2, 0.25) is 0 Å². The second-order valence-electron chi connectivity index (χ2n) is 4.57. The molecule has 1 aromatic rings. The van der Waals surface area contributed by atoms with Crippen molar-refractivity contribution < 1.29 is 18.0 Å². The van der Waals surface area contributed by atoms with Crippen LogP contribution in [-0.2, 0) is 0 Å². The fourth-order valence-corrected chi connectivity index (χ4v) is 1.83. The molecular formula is C11H11F3N2O. The molecule has 1 fully saturated rings. The first-order valence-electron chi connectivity index (χ1n) is 5.03. The molecule has 17 heavy (non-hydrogen) atoms. The van der Waals surface area contributed by atoms with Crippen molar-refractivity contribution in [2.45, 2.75) is 12.5 Å².